The van der Waals surface area contributed by atoms with Gasteiger partial charge in [0.25, 0.3) is 11.8 Å². The molecule has 1 aromatic heterocycles. The maximum atomic E-state index is 11.9. The highest BCUT2D eigenvalue weighted by Gasteiger charge is 2.16. The topological polar surface area (TPSA) is 67.4 Å². The lowest BCUT2D eigenvalue weighted by molar-refractivity contribution is -0.128. The Morgan fingerprint density at radius 1 is 1.18 bits per heavy atom. The number of rotatable bonds is 5. The molecule has 0 radical (unpaired) electrons. The number of hydrogen-bond donors (Lipinski definition) is 2. The first-order valence-corrected chi connectivity index (χ1v) is 7.87. The lowest BCUT2D eigenvalue weighted by Gasteiger charge is -2.15. The van der Waals surface area contributed by atoms with Crippen molar-refractivity contribution in [1.29, 1.82) is 0 Å². The number of benzene rings is 1. The molecule has 116 valence electrons. The zero-order chi connectivity index (χ0) is 15.9. The Bertz CT molecular complexity index is 623. The maximum absolute atomic E-state index is 11.9. The van der Waals surface area contributed by atoms with Crippen molar-refractivity contribution in [2.45, 2.75) is 26.4 Å². The number of hydrazine groups is 1. The van der Waals surface area contributed by atoms with Crippen LogP contribution in [0, 0.1) is 0 Å². The number of carbonyl (C=O) groups is 2. The van der Waals surface area contributed by atoms with Crippen LogP contribution in [0.1, 0.15) is 29.1 Å². The number of hydrogen-bond acceptors (Lipinski definition) is 4. The van der Waals surface area contributed by atoms with Crippen molar-refractivity contribution in [2.24, 2.45) is 0 Å². The molecule has 0 aliphatic heterocycles. The van der Waals surface area contributed by atoms with E-state index in [1.165, 1.54) is 16.9 Å². The summed E-state index contributed by atoms with van der Waals surface area (Å²) >= 11 is 1.30. The van der Waals surface area contributed by atoms with Crippen LogP contribution in [-0.4, -0.2) is 17.9 Å². The fraction of sp³-hybridized carbons (Fsp3) is 0.250. The van der Waals surface area contributed by atoms with Crippen molar-refractivity contribution in [3.05, 3.63) is 52.2 Å². The van der Waals surface area contributed by atoms with Gasteiger partial charge in [0.1, 0.15) is 5.75 Å². The zero-order valence-electron chi connectivity index (χ0n) is 12.5. The summed E-state index contributed by atoms with van der Waals surface area (Å²) in [5, 5.41) is 1.79. The first kappa shape index (κ1) is 16.0. The monoisotopic (exact) mass is 318 g/mol. The van der Waals surface area contributed by atoms with Crippen LogP contribution in [0.3, 0.4) is 0 Å². The minimum absolute atomic E-state index is 0.345. The molecule has 6 heteroatoms. The number of thiophene rings is 1. The molecular weight excluding hydrogens is 300 g/mol. The van der Waals surface area contributed by atoms with Crippen molar-refractivity contribution in [1.82, 2.24) is 10.9 Å². The van der Waals surface area contributed by atoms with E-state index in [1.54, 1.807) is 24.4 Å². The molecule has 1 atom stereocenters. The van der Waals surface area contributed by atoms with Gasteiger partial charge in [0.15, 0.2) is 6.10 Å². The zero-order valence-corrected chi connectivity index (χ0v) is 13.3. The average molecular weight is 318 g/mol. The molecule has 5 nitrogen and oxygen atoms in total. The quantitative estimate of drug-likeness (QED) is 0.833. The van der Waals surface area contributed by atoms with Gasteiger partial charge >= 0.3 is 0 Å². The first-order valence-electron chi connectivity index (χ1n) is 6.99. The van der Waals surface area contributed by atoms with Crippen LogP contribution < -0.4 is 15.6 Å². The first-order chi connectivity index (χ1) is 10.6. The molecule has 0 aliphatic rings. The third kappa shape index (κ3) is 4.33. The van der Waals surface area contributed by atoms with E-state index in [1.807, 2.05) is 24.3 Å². The van der Waals surface area contributed by atoms with Crippen LogP contribution in [0.2, 0.25) is 0 Å². The Morgan fingerprint density at radius 2 is 1.91 bits per heavy atom. The van der Waals surface area contributed by atoms with Gasteiger partial charge < -0.3 is 4.74 Å². The molecule has 2 amide bonds. The molecule has 0 bridgehead atoms. The van der Waals surface area contributed by atoms with E-state index in [0.717, 1.165) is 6.42 Å². The molecule has 0 unspecified atom stereocenters. The second-order valence-electron chi connectivity index (χ2n) is 4.68. The Hall–Kier alpha value is -2.34. The highest BCUT2D eigenvalue weighted by molar-refractivity contribution is 7.12. The molecule has 0 aliphatic carbocycles. The summed E-state index contributed by atoms with van der Waals surface area (Å²) in [5.41, 5.74) is 5.92. The van der Waals surface area contributed by atoms with Gasteiger partial charge in [0.2, 0.25) is 0 Å². The Balaban J connectivity index is 1.82. The number of ether oxygens (including phenoxy) is 1. The highest BCUT2D eigenvalue weighted by Crippen LogP contribution is 2.14. The van der Waals surface area contributed by atoms with Crippen LogP contribution in [0.4, 0.5) is 0 Å². The third-order valence-electron chi connectivity index (χ3n) is 3.06. The summed E-state index contributed by atoms with van der Waals surface area (Å²) in [6.07, 6.45) is 0.238. The molecular formula is C16H18N2O3S. The molecule has 22 heavy (non-hydrogen) atoms. The van der Waals surface area contributed by atoms with Crippen molar-refractivity contribution in [3.8, 4) is 5.75 Å². The van der Waals surface area contributed by atoms with E-state index in [4.69, 9.17) is 4.74 Å². The summed E-state index contributed by atoms with van der Waals surface area (Å²) < 4.78 is 5.54. The summed E-state index contributed by atoms with van der Waals surface area (Å²) in [6, 6.07) is 11.0. The fourth-order valence-corrected chi connectivity index (χ4v) is 2.37. The van der Waals surface area contributed by atoms with Gasteiger partial charge in [-0.15, -0.1) is 11.3 Å². The standard InChI is InChI=1S/C16H18N2O3S/c1-3-12-6-8-13(9-7-12)21-11(2)15(19)17-18-16(20)14-5-4-10-22-14/h4-11H,3H2,1-2H3,(H,17,19)(H,18,20)/t11-/m0/s1. The summed E-state index contributed by atoms with van der Waals surface area (Å²) in [6.45, 7) is 3.70. The second kappa shape index (κ2) is 7.61. The highest BCUT2D eigenvalue weighted by atomic mass is 32.1. The molecule has 0 saturated carbocycles. The molecule has 2 N–H and O–H groups in total. The van der Waals surface area contributed by atoms with Crippen LogP contribution in [0.15, 0.2) is 41.8 Å². The van der Waals surface area contributed by atoms with Gasteiger partial charge in [-0.05, 0) is 42.5 Å². The predicted molar refractivity (Wildman–Crippen MR) is 85.8 cm³/mol. The fourth-order valence-electron chi connectivity index (χ4n) is 1.75. The molecule has 2 rings (SSSR count). The smallest absolute Gasteiger partial charge is 0.279 e. The molecule has 1 aromatic carbocycles. The Kier molecular flexibility index (Phi) is 5.55. The SMILES string of the molecule is CCc1ccc(O[C@@H](C)C(=O)NNC(=O)c2cccs2)cc1. The van der Waals surface area contributed by atoms with Crippen molar-refractivity contribution >= 4 is 23.2 Å². The van der Waals surface area contributed by atoms with Crippen LogP contribution in [0.5, 0.6) is 5.75 Å². The van der Waals surface area contributed by atoms with E-state index < -0.39 is 12.0 Å². The molecule has 0 spiro atoms. The van der Waals surface area contributed by atoms with Crippen LogP contribution >= 0.6 is 11.3 Å². The van der Waals surface area contributed by atoms with E-state index >= 15 is 0 Å². The van der Waals surface area contributed by atoms with E-state index in [2.05, 4.69) is 17.8 Å². The number of aryl methyl sites for hydroxylation is 1. The van der Waals surface area contributed by atoms with Gasteiger partial charge in [0.05, 0.1) is 4.88 Å². The minimum atomic E-state index is -0.712. The van der Waals surface area contributed by atoms with Gasteiger partial charge in [-0.2, -0.15) is 0 Å². The predicted octanol–water partition coefficient (Wildman–Crippen LogP) is 2.54. The van der Waals surface area contributed by atoms with E-state index in [0.29, 0.717) is 10.6 Å². The summed E-state index contributed by atoms with van der Waals surface area (Å²) in [5.74, 6) is -0.142. The minimum Gasteiger partial charge on any atom is -0.481 e. The molecule has 2 aromatic rings. The average Bonchev–Trinajstić information content (AvgIpc) is 3.07. The largest absolute Gasteiger partial charge is 0.481 e. The molecule has 0 saturated heterocycles. The number of nitrogens with one attached hydrogen (secondary N) is 2. The van der Waals surface area contributed by atoms with Gasteiger partial charge in [-0.25, -0.2) is 0 Å². The lowest BCUT2D eigenvalue weighted by Crippen LogP contribution is -2.47. The van der Waals surface area contributed by atoms with E-state index in [-0.39, 0.29) is 5.91 Å². The van der Waals surface area contributed by atoms with Gasteiger partial charge in [-0.3, -0.25) is 20.4 Å². The Labute approximate surface area is 133 Å². The van der Waals surface area contributed by atoms with Crippen molar-refractivity contribution in [3.63, 3.8) is 0 Å². The Morgan fingerprint density at radius 3 is 2.50 bits per heavy atom. The van der Waals surface area contributed by atoms with Crippen molar-refractivity contribution < 1.29 is 14.3 Å². The summed E-state index contributed by atoms with van der Waals surface area (Å²) in [7, 11) is 0. The van der Waals surface area contributed by atoms with Crippen LogP contribution in [-0.2, 0) is 11.2 Å². The molecule has 1 heterocycles. The number of amides is 2. The third-order valence-corrected chi connectivity index (χ3v) is 3.93. The van der Waals surface area contributed by atoms with E-state index in [9.17, 15) is 9.59 Å². The second-order valence-corrected chi connectivity index (χ2v) is 5.63. The maximum Gasteiger partial charge on any atom is 0.279 e. The normalized spacial score (nSPS) is 11.5. The lowest BCUT2D eigenvalue weighted by atomic mass is 10.2. The van der Waals surface area contributed by atoms with Crippen LogP contribution in [0.25, 0.3) is 0 Å². The number of carbonyl (C=O) groups excluding carboxylic acids is 2. The summed E-state index contributed by atoms with van der Waals surface area (Å²) in [4.78, 5) is 24.1. The van der Waals surface area contributed by atoms with Gasteiger partial charge in [0, 0.05) is 0 Å². The molecule has 0 fully saturated rings. The van der Waals surface area contributed by atoms with Crippen molar-refractivity contribution in [2.75, 3.05) is 0 Å². The van der Waals surface area contributed by atoms with Gasteiger partial charge in [-0.1, -0.05) is 25.1 Å².